The van der Waals surface area contributed by atoms with Gasteiger partial charge in [-0.25, -0.2) is 0 Å². The molecule has 0 aromatic carbocycles. The minimum Gasteiger partial charge on any atom is -0.0996 e. The van der Waals surface area contributed by atoms with Crippen LogP contribution in [-0.4, -0.2) is 0 Å². The molecule has 1 rings (SSSR count). The Balaban J connectivity index is 2.72. The molecule has 0 heterocycles. The van der Waals surface area contributed by atoms with Gasteiger partial charge in [0, 0.05) is 0 Å². The molecule has 1 fully saturated rings. The monoisotopic (exact) mass is 152 g/mol. The van der Waals surface area contributed by atoms with Gasteiger partial charge in [0.05, 0.1) is 0 Å². The van der Waals surface area contributed by atoms with E-state index in [0.717, 1.165) is 5.92 Å². The molecule has 0 aromatic rings. The summed E-state index contributed by atoms with van der Waals surface area (Å²) in [5.74, 6) is 0.774. The van der Waals surface area contributed by atoms with Crippen molar-refractivity contribution in [1.82, 2.24) is 0 Å². The summed E-state index contributed by atoms with van der Waals surface area (Å²) in [6.07, 6.45) is 5.26. The molecule has 0 spiro atoms. The largest absolute Gasteiger partial charge is 0.0996 e. The van der Waals surface area contributed by atoms with Crippen LogP contribution < -0.4 is 0 Å². The lowest BCUT2D eigenvalue weighted by Crippen LogP contribution is -2.28. The van der Waals surface area contributed by atoms with Crippen molar-refractivity contribution in [2.24, 2.45) is 11.3 Å². The van der Waals surface area contributed by atoms with Gasteiger partial charge in [-0.1, -0.05) is 32.9 Å². The van der Waals surface area contributed by atoms with E-state index in [2.05, 4.69) is 27.4 Å². The zero-order valence-electron chi connectivity index (χ0n) is 8.11. The van der Waals surface area contributed by atoms with Gasteiger partial charge in [0.15, 0.2) is 0 Å². The van der Waals surface area contributed by atoms with Crippen LogP contribution in [0.5, 0.6) is 0 Å². The van der Waals surface area contributed by atoms with Gasteiger partial charge < -0.3 is 0 Å². The number of rotatable bonds is 1. The van der Waals surface area contributed by atoms with Gasteiger partial charge in [-0.3, -0.25) is 0 Å². The lowest BCUT2D eigenvalue weighted by atomic mass is 9.66. The van der Waals surface area contributed by atoms with Crippen LogP contribution in [0.1, 0.15) is 46.5 Å². The minimum atomic E-state index is 0.518. The Labute approximate surface area is 70.7 Å². The van der Waals surface area contributed by atoms with Crippen molar-refractivity contribution < 1.29 is 0 Å². The molecular weight excluding hydrogens is 132 g/mol. The number of hydrogen-bond donors (Lipinski definition) is 0. The molecule has 0 amide bonds. The van der Waals surface area contributed by atoms with E-state index in [1.807, 2.05) is 0 Å². The standard InChI is InChI=1S/C11H20/c1-5-10-9(2)7-6-8-11(10,3)4/h10H,2,5-8H2,1,3-4H3. The molecule has 1 aliphatic carbocycles. The summed E-state index contributed by atoms with van der Waals surface area (Å²) in [4.78, 5) is 0. The second kappa shape index (κ2) is 3.00. The molecule has 0 saturated heterocycles. The zero-order chi connectivity index (χ0) is 8.48. The van der Waals surface area contributed by atoms with Crippen LogP contribution in [0.15, 0.2) is 12.2 Å². The average molecular weight is 152 g/mol. The highest BCUT2D eigenvalue weighted by atomic mass is 14.4. The molecule has 0 nitrogen and oxygen atoms in total. The summed E-state index contributed by atoms with van der Waals surface area (Å²) < 4.78 is 0. The maximum Gasteiger partial charge on any atom is -0.0157 e. The van der Waals surface area contributed by atoms with E-state index >= 15 is 0 Å². The summed E-state index contributed by atoms with van der Waals surface area (Å²) in [5, 5.41) is 0. The van der Waals surface area contributed by atoms with E-state index in [1.54, 1.807) is 0 Å². The Hall–Kier alpha value is -0.260. The number of hydrogen-bond acceptors (Lipinski definition) is 0. The van der Waals surface area contributed by atoms with Gasteiger partial charge in [-0.2, -0.15) is 0 Å². The van der Waals surface area contributed by atoms with Gasteiger partial charge in [-0.15, -0.1) is 0 Å². The van der Waals surface area contributed by atoms with Crippen LogP contribution in [0.2, 0.25) is 0 Å². The van der Waals surface area contributed by atoms with Crippen molar-refractivity contribution in [1.29, 1.82) is 0 Å². The molecule has 0 radical (unpaired) electrons. The summed E-state index contributed by atoms with van der Waals surface area (Å²) in [6.45, 7) is 11.2. The quantitative estimate of drug-likeness (QED) is 0.502. The molecule has 0 N–H and O–H groups in total. The molecule has 1 saturated carbocycles. The van der Waals surface area contributed by atoms with E-state index in [4.69, 9.17) is 0 Å². The summed E-state index contributed by atoms with van der Waals surface area (Å²) in [5.41, 5.74) is 2.01. The topological polar surface area (TPSA) is 0 Å². The van der Waals surface area contributed by atoms with Crippen LogP contribution in [-0.2, 0) is 0 Å². The molecule has 0 bridgehead atoms. The average Bonchev–Trinajstić information content (AvgIpc) is 1.86. The summed E-state index contributed by atoms with van der Waals surface area (Å²) in [7, 11) is 0. The van der Waals surface area contributed by atoms with Gasteiger partial charge in [0.1, 0.15) is 0 Å². The van der Waals surface area contributed by atoms with Gasteiger partial charge in [0.2, 0.25) is 0 Å². The fourth-order valence-corrected chi connectivity index (χ4v) is 2.51. The highest BCUT2D eigenvalue weighted by Gasteiger charge is 2.32. The molecule has 0 aliphatic heterocycles. The van der Waals surface area contributed by atoms with Crippen LogP contribution >= 0.6 is 0 Å². The summed E-state index contributed by atoms with van der Waals surface area (Å²) in [6, 6.07) is 0. The fourth-order valence-electron chi connectivity index (χ4n) is 2.51. The Kier molecular flexibility index (Phi) is 2.41. The normalized spacial score (nSPS) is 30.5. The smallest absolute Gasteiger partial charge is 0.0157 e. The van der Waals surface area contributed by atoms with Crippen LogP contribution in [0.4, 0.5) is 0 Å². The van der Waals surface area contributed by atoms with Gasteiger partial charge in [-0.05, 0) is 37.0 Å². The van der Waals surface area contributed by atoms with Crippen LogP contribution in [0, 0.1) is 11.3 Å². The van der Waals surface area contributed by atoms with E-state index in [-0.39, 0.29) is 0 Å². The van der Waals surface area contributed by atoms with Crippen molar-refractivity contribution >= 4 is 0 Å². The summed E-state index contributed by atoms with van der Waals surface area (Å²) >= 11 is 0. The van der Waals surface area contributed by atoms with Crippen molar-refractivity contribution in [3.63, 3.8) is 0 Å². The Morgan fingerprint density at radius 3 is 2.55 bits per heavy atom. The number of allylic oxidation sites excluding steroid dienone is 1. The highest BCUT2D eigenvalue weighted by Crippen LogP contribution is 2.44. The van der Waals surface area contributed by atoms with Crippen molar-refractivity contribution in [2.45, 2.75) is 46.5 Å². The second-order valence-corrected chi connectivity index (χ2v) is 4.46. The molecular formula is C11H20. The third-order valence-corrected chi connectivity index (χ3v) is 3.16. The first-order valence-corrected chi connectivity index (χ1v) is 4.75. The lowest BCUT2D eigenvalue weighted by molar-refractivity contribution is 0.185. The van der Waals surface area contributed by atoms with Crippen LogP contribution in [0.25, 0.3) is 0 Å². The van der Waals surface area contributed by atoms with Crippen molar-refractivity contribution in [3.05, 3.63) is 12.2 Å². The maximum absolute atomic E-state index is 4.16. The minimum absolute atomic E-state index is 0.518. The molecule has 1 aliphatic rings. The zero-order valence-corrected chi connectivity index (χ0v) is 8.11. The first kappa shape index (κ1) is 8.83. The van der Waals surface area contributed by atoms with Crippen LogP contribution in [0.3, 0.4) is 0 Å². The van der Waals surface area contributed by atoms with E-state index in [1.165, 1.54) is 31.3 Å². The fraction of sp³-hybridized carbons (Fsp3) is 0.818. The van der Waals surface area contributed by atoms with E-state index < -0.39 is 0 Å². The predicted molar refractivity (Wildman–Crippen MR) is 50.6 cm³/mol. The van der Waals surface area contributed by atoms with Gasteiger partial charge >= 0.3 is 0 Å². The van der Waals surface area contributed by atoms with Gasteiger partial charge in [0.25, 0.3) is 0 Å². The SMILES string of the molecule is C=C1CCCC(C)(C)C1CC. The molecule has 11 heavy (non-hydrogen) atoms. The second-order valence-electron chi connectivity index (χ2n) is 4.46. The third kappa shape index (κ3) is 1.66. The first-order chi connectivity index (χ1) is 5.08. The molecule has 1 unspecified atom stereocenters. The third-order valence-electron chi connectivity index (χ3n) is 3.16. The lowest BCUT2D eigenvalue weighted by Gasteiger charge is -2.39. The first-order valence-electron chi connectivity index (χ1n) is 4.75. The van der Waals surface area contributed by atoms with Crippen molar-refractivity contribution in [3.8, 4) is 0 Å². The predicted octanol–water partition coefficient (Wildman–Crippen LogP) is 3.78. The van der Waals surface area contributed by atoms with Crippen molar-refractivity contribution in [2.75, 3.05) is 0 Å². The maximum atomic E-state index is 4.16. The Bertz CT molecular complexity index is 153. The highest BCUT2D eigenvalue weighted by molar-refractivity contribution is 5.08. The molecule has 1 atom stereocenters. The van der Waals surface area contributed by atoms with E-state index in [0.29, 0.717) is 5.41 Å². The molecule has 0 aromatic heterocycles. The molecule has 0 heteroatoms. The molecule has 64 valence electrons. The van der Waals surface area contributed by atoms with E-state index in [9.17, 15) is 0 Å². The Morgan fingerprint density at radius 1 is 1.55 bits per heavy atom. The Morgan fingerprint density at radius 2 is 2.18 bits per heavy atom.